The van der Waals surface area contributed by atoms with E-state index in [1.165, 1.54) is 0 Å². The number of hydrogen-bond acceptors (Lipinski definition) is 3. The highest BCUT2D eigenvalue weighted by molar-refractivity contribution is 5.35. The number of nitrogens with one attached hydrogen (secondary N) is 1. The highest BCUT2D eigenvalue weighted by Crippen LogP contribution is 2.14. The normalized spacial score (nSPS) is 12.6. The Balaban J connectivity index is 1.96. The molecular formula is C16H23N3O. The van der Waals surface area contributed by atoms with Crippen molar-refractivity contribution in [2.75, 3.05) is 6.54 Å². The highest BCUT2D eigenvalue weighted by atomic mass is 16.3. The van der Waals surface area contributed by atoms with Crippen LogP contribution in [-0.4, -0.2) is 27.3 Å². The molecule has 4 heteroatoms. The van der Waals surface area contributed by atoms with Crippen LogP contribution in [0.1, 0.15) is 31.3 Å². The second-order valence-electron chi connectivity index (χ2n) is 5.14. The maximum absolute atomic E-state index is 9.22. The van der Waals surface area contributed by atoms with Crippen LogP contribution >= 0.6 is 0 Å². The molecule has 1 heterocycles. The molecule has 2 aromatic rings. The molecule has 2 rings (SSSR count). The molecule has 1 aromatic carbocycles. The first-order valence-corrected chi connectivity index (χ1v) is 7.16. The number of hydrogen-bond donors (Lipinski definition) is 2. The van der Waals surface area contributed by atoms with Crippen LogP contribution in [0.2, 0.25) is 0 Å². The van der Waals surface area contributed by atoms with Gasteiger partial charge in [-0.2, -0.15) is 0 Å². The topological polar surface area (TPSA) is 50.1 Å². The number of para-hydroxylation sites is 1. The van der Waals surface area contributed by atoms with Crippen LogP contribution in [0.5, 0.6) is 0 Å². The van der Waals surface area contributed by atoms with Crippen molar-refractivity contribution < 1.29 is 5.11 Å². The van der Waals surface area contributed by atoms with Crippen molar-refractivity contribution in [3.8, 4) is 5.69 Å². The molecule has 1 atom stereocenters. The number of aliphatic hydroxyl groups is 1. The minimum absolute atomic E-state index is 0.214. The first kappa shape index (κ1) is 14.8. The summed E-state index contributed by atoms with van der Waals surface area (Å²) in [5.74, 6) is 0.997. The Kier molecular flexibility index (Phi) is 5.32. The molecule has 0 aliphatic heterocycles. The van der Waals surface area contributed by atoms with Gasteiger partial charge in [0, 0.05) is 12.2 Å². The van der Waals surface area contributed by atoms with E-state index in [-0.39, 0.29) is 6.10 Å². The van der Waals surface area contributed by atoms with Crippen LogP contribution in [0.4, 0.5) is 0 Å². The van der Waals surface area contributed by atoms with Crippen LogP contribution in [0.3, 0.4) is 0 Å². The first-order valence-electron chi connectivity index (χ1n) is 7.16. The van der Waals surface area contributed by atoms with Crippen molar-refractivity contribution in [3.05, 3.63) is 48.0 Å². The van der Waals surface area contributed by atoms with Gasteiger partial charge in [0.05, 0.1) is 18.0 Å². The lowest BCUT2D eigenvalue weighted by molar-refractivity contribution is 0.181. The Hall–Kier alpha value is -1.65. The largest absolute Gasteiger partial charge is 0.393 e. The van der Waals surface area contributed by atoms with E-state index in [4.69, 9.17) is 0 Å². The van der Waals surface area contributed by atoms with E-state index in [2.05, 4.69) is 27.0 Å². The van der Waals surface area contributed by atoms with Crippen LogP contribution in [0.25, 0.3) is 5.69 Å². The maximum Gasteiger partial charge on any atom is 0.110 e. The third kappa shape index (κ3) is 3.92. The zero-order chi connectivity index (χ0) is 14.4. The van der Waals surface area contributed by atoms with E-state index in [1.807, 2.05) is 38.2 Å². The molecule has 0 spiro atoms. The fourth-order valence-electron chi connectivity index (χ4n) is 2.28. The molecule has 0 amide bonds. The summed E-state index contributed by atoms with van der Waals surface area (Å²) in [6.07, 6.45) is 3.53. The summed E-state index contributed by atoms with van der Waals surface area (Å²) in [6, 6.07) is 10.3. The molecule has 0 bridgehead atoms. The molecule has 1 aromatic heterocycles. The van der Waals surface area contributed by atoms with Gasteiger partial charge in [-0.1, -0.05) is 18.2 Å². The first-order chi connectivity index (χ1) is 9.68. The SMILES string of the molecule is Cc1ncc(CNCCCC(C)O)n1-c1ccccc1. The molecular weight excluding hydrogens is 250 g/mol. The van der Waals surface area contributed by atoms with Gasteiger partial charge in [-0.15, -0.1) is 0 Å². The zero-order valence-electron chi connectivity index (χ0n) is 12.2. The molecule has 0 saturated carbocycles. The van der Waals surface area contributed by atoms with Crippen molar-refractivity contribution in [1.29, 1.82) is 0 Å². The predicted molar refractivity (Wildman–Crippen MR) is 80.9 cm³/mol. The van der Waals surface area contributed by atoms with E-state index in [0.29, 0.717) is 0 Å². The second kappa shape index (κ2) is 7.22. The zero-order valence-corrected chi connectivity index (χ0v) is 12.2. The number of imidazole rings is 1. The maximum atomic E-state index is 9.22. The van der Waals surface area contributed by atoms with Crippen molar-refractivity contribution in [1.82, 2.24) is 14.9 Å². The molecule has 108 valence electrons. The quantitative estimate of drug-likeness (QED) is 0.762. The highest BCUT2D eigenvalue weighted by Gasteiger charge is 2.07. The molecule has 0 aliphatic carbocycles. The Morgan fingerprint density at radius 1 is 1.30 bits per heavy atom. The van der Waals surface area contributed by atoms with Crippen LogP contribution < -0.4 is 5.32 Å². The smallest absolute Gasteiger partial charge is 0.110 e. The van der Waals surface area contributed by atoms with Crippen LogP contribution in [-0.2, 0) is 6.54 Å². The van der Waals surface area contributed by atoms with E-state index in [0.717, 1.165) is 43.1 Å². The lowest BCUT2D eigenvalue weighted by Crippen LogP contribution is -2.18. The van der Waals surface area contributed by atoms with Crippen molar-refractivity contribution >= 4 is 0 Å². The van der Waals surface area contributed by atoms with Crippen LogP contribution in [0, 0.1) is 6.92 Å². The van der Waals surface area contributed by atoms with Crippen LogP contribution in [0.15, 0.2) is 36.5 Å². The summed E-state index contributed by atoms with van der Waals surface area (Å²) < 4.78 is 2.17. The third-order valence-corrected chi connectivity index (χ3v) is 3.31. The van der Waals surface area contributed by atoms with E-state index in [9.17, 15) is 5.11 Å². The number of benzene rings is 1. The molecule has 0 saturated heterocycles. The number of aromatic nitrogens is 2. The lowest BCUT2D eigenvalue weighted by Gasteiger charge is -2.11. The number of nitrogens with zero attached hydrogens (tertiary/aromatic N) is 2. The monoisotopic (exact) mass is 273 g/mol. The van der Waals surface area contributed by atoms with Crippen molar-refractivity contribution in [2.45, 2.75) is 39.3 Å². The average molecular weight is 273 g/mol. The Labute approximate surface area is 120 Å². The summed E-state index contributed by atoms with van der Waals surface area (Å²) in [6.45, 7) is 5.54. The summed E-state index contributed by atoms with van der Waals surface area (Å²) in [5, 5.41) is 12.6. The molecule has 4 nitrogen and oxygen atoms in total. The summed E-state index contributed by atoms with van der Waals surface area (Å²) >= 11 is 0. The van der Waals surface area contributed by atoms with Gasteiger partial charge >= 0.3 is 0 Å². The van der Waals surface area contributed by atoms with Gasteiger partial charge in [-0.05, 0) is 45.4 Å². The number of aryl methyl sites for hydroxylation is 1. The average Bonchev–Trinajstić information content (AvgIpc) is 2.80. The molecule has 2 N–H and O–H groups in total. The van der Waals surface area contributed by atoms with E-state index in [1.54, 1.807) is 0 Å². The van der Waals surface area contributed by atoms with Gasteiger partial charge < -0.3 is 10.4 Å². The van der Waals surface area contributed by atoms with Gasteiger partial charge in [0.2, 0.25) is 0 Å². The minimum Gasteiger partial charge on any atom is -0.393 e. The Morgan fingerprint density at radius 3 is 2.75 bits per heavy atom. The third-order valence-electron chi connectivity index (χ3n) is 3.31. The van der Waals surface area contributed by atoms with Gasteiger partial charge in [0.25, 0.3) is 0 Å². The van der Waals surface area contributed by atoms with Gasteiger partial charge in [-0.25, -0.2) is 4.98 Å². The summed E-state index contributed by atoms with van der Waals surface area (Å²) in [4.78, 5) is 4.40. The second-order valence-corrected chi connectivity index (χ2v) is 5.14. The standard InChI is InChI=1S/C16H23N3O/c1-13(20)7-6-10-17-11-16-12-18-14(2)19(16)15-8-4-3-5-9-15/h3-5,8-9,12-13,17,20H,6-7,10-11H2,1-2H3. The fourth-order valence-corrected chi connectivity index (χ4v) is 2.28. The fraction of sp³-hybridized carbons (Fsp3) is 0.438. The molecule has 0 fully saturated rings. The number of rotatable bonds is 7. The summed E-state index contributed by atoms with van der Waals surface area (Å²) in [7, 11) is 0. The van der Waals surface area contributed by atoms with Gasteiger partial charge in [-0.3, -0.25) is 4.57 Å². The van der Waals surface area contributed by atoms with E-state index >= 15 is 0 Å². The van der Waals surface area contributed by atoms with Crippen molar-refractivity contribution in [3.63, 3.8) is 0 Å². The van der Waals surface area contributed by atoms with E-state index < -0.39 is 0 Å². The predicted octanol–water partition coefficient (Wildman–Crippen LogP) is 2.43. The Bertz CT molecular complexity index is 520. The molecule has 0 radical (unpaired) electrons. The molecule has 0 aliphatic rings. The lowest BCUT2D eigenvalue weighted by atomic mass is 10.2. The van der Waals surface area contributed by atoms with Gasteiger partial charge in [0.15, 0.2) is 0 Å². The minimum atomic E-state index is -0.214. The summed E-state index contributed by atoms with van der Waals surface area (Å²) in [5.41, 5.74) is 2.30. The molecule has 1 unspecified atom stereocenters. The van der Waals surface area contributed by atoms with Gasteiger partial charge in [0.1, 0.15) is 5.82 Å². The van der Waals surface area contributed by atoms with Crippen molar-refractivity contribution in [2.24, 2.45) is 0 Å². The Morgan fingerprint density at radius 2 is 2.05 bits per heavy atom. The molecule has 20 heavy (non-hydrogen) atoms. The number of aliphatic hydroxyl groups excluding tert-OH is 1.